The van der Waals surface area contributed by atoms with Crippen LogP contribution >= 0.6 is 0 Å². The van der Waals surface area contributed by atoms with Crippen molar-refractivity contribution < 1.29 is 13.6 Å². The second-order valence-electron chi connectivity index (χ2n) is 4.29. The minimum Gasteiger partial charge on any atom is -0.397 e. The molecule has 5 nitrogen and oxygen atoms in total. The number of carbonyl (C=O) groups is 1. The van der Waals surface area contributed by atoms with Crippen LogP contribution in [0, 0.1) is 11.6 Å². The van der Waals surface area contributed by atoms with Crippen LogP contribution in [0.5, 0.6) is 0 Å². The lowest BCUT2D eigenvalue weighted by molar-refractivity contribution is -0.115. The first kappa shape index (κ1) is 14.6. The SMILES string of the molecule is C=C(N)c1cc(NC(=O)Cc2ccc(F)c(F)c2)ncn1. The summed E-state index contributed by atoms with van der Waals surface area (Å²) in [5.41, 5.74) is 6.48. The maximum Gasteiger partial charge on any atom is 0.229 e. The fourth-order valence-electron chi connectivity index (χ4n) is 1.62. The van der Waals surface area contributed by atoms with E-state index < -0.39 is 17.5 Å². The van der Waals surface area contributed by atoms with Gasteiger partial charge >= 0.3 is 0 Å². The quantitative estimate of drug-likeness (QED) is 0.900. The number of benzene rings is 1. The van der Waals surface area contributed by atoms with E-state index in [1.807, 2.05) is 0 Å². The molecule has 2 aromatic rings. The van der Waals surface area contributed by atoms with Crippen molar-refractivity contribution >= 4 is 17.4 Å². The number of amides is 1. The van der Waals surface area contributed by atoms with Gasteiger partial charge in [0.15, 0.2) is 11.6 Å². The highest BCUT2D eigenvalue weighted by Crippen LogP contribution is 2.11. The summed E-state index contributed by atoms with van der Waals surface area (Å²) in [6.07, 6.45) is 1.13. The summed E-state index contributed by atoms with van der Waals surface area (Å²) in [4.78, 5) is 19.6. The van der Waals surface area contributed by atoms with E-state index in [2.05, 4.69) is 21.9 Å². The Morgan fingerprint density at radius 3 is 2.67 bits per heavy atom. The highest BCUT2D eigenvalue weighted by atomic mass is 19.2. The van der Waals surface area contributed by atoms with Crippen molar-refractivity contribution in [3.8, 4) is 0 Å². The number of halogens is 2. The van der Waals surface area contributed by atoms with Crippen molar-refractivity contribution in [2.45, 2.75) is 6.42 Å². The summed E-state index contributed by atoms with van der Waals surface area (Å²) in [7, 11) is 0. The highest BCUT2D eigenvalue weighted by Gasteiger charge is 2.09. The van der Waals surface area contributed by atoms with E-state index in [1.54, 1.807) is 0 Å². The van der Waals surface area contributed by atoms with Crippen LogP contribution in [0.2, 0.25) is 0 Å². The summed E-state index contributed by atoms with van der Waals surface area (Å²) in [5.74, 6) is -2.13. The molecule has 108 valence electrons. The number of carbonyl (C=O) groups excluding carboxylic acids is 1. The molecule has 0 radical (unpaired) electrons. The summed E-state index contributed by atoms with van der Waals surface area (Å²) in [6.45, 7) is 3.53. The number of hydrogen-bond donors (Lipinski definition) is 2. The van der Waals surface area contributed by atoms with Crippen molar-refractivity contribution in [3.05, 3.63) is 60.1 Å². The number of nitrogens with two attached hydrogens (primary N) is 1. The minimum absolute atomic E-state index is 0.111. The molecule has 0 atom stereocenters. The number of anilines is 1. The third kappa shape index (κ3) is 3.82. The van der Waals surface area contributed by atoms with Crippen molar-refractivity contribution in [2.24, 2.45) is 5.73 Å². The third-order valence-electron chi connectivity index (χ3n) is 2.61. The molecule has 1 aromatic heterocycles. The van der Waals surface area contributed by atoms with Gasteiger partial charge in [0.2, 0.25) is 5.91 Å². The van der Waals surface area contributed by atoms with Crippen LogP contribution in [0.15, 0.2) is 37.2 Å². The predicted molar refractivity (Wildman–Crippen MR) is 73.9 cm³/mol. The van der Waals surface area contributed by atoms with Crippen LogP contribution in [0.3, 0.4) is 0 Å². The van der Waals surface area contributed by atoms with Crippen LogP contribution < -0.4 is 11.1 Å². The molecule has 0 aliphatic rings. The number of hydrogen-bond acceptors (Lipinski definition) is 4. The molecule has 1 aromatic carbocycles. The molecule has 0 bridgehead atoms. The van der Waals surface area contributed by atoms with E-state index in [4.69, 9.17) is 5.73 Å². The van der Waals surface area contributed by atoms with E-state index in [0.717, 1.165) is 12.1 Å². The average Bonchev–Trinajstić information content (AvgIpc) is 2.43. The van der Waals surface area contributed by atoms with Gasteiger partial charge in [-0.3, -0.25) is 4.79 Å². The molecule has 1 amide bonds. The smallest absolute Gasteiger partial charge is 0.229 e. The van der Waals surface area contributed by atoms with E-state index in [0.29, 0.717) is 11.3 Å². The van der Waals surface area contributed by atoms with Crippen LogP contribution in [0.4, 0.5) is 14.6 Å². The molecule has 1 heterocycles. The van der Waals surface area contributed by atoms with Gasteiger partial charge in [0.1, 0.15) is 12.1 Å². The topological polar surface area (TPSA) is 80.9 Å². The first-order chi connectivity index (χ1) is 9.95. The highest BCUT2D eigenvalue weighted by molar-refractivity contribution is 5.91. The van der Waals surface area contributed by atoms with Gasteiger partial charge in [-0.15, -0.1) is 0 Å². The Bertz CT molecular complexity index is 703. The molecule has 7 heteroatoms. The summed E-state index contributed by atoms with van der Waals surface area (Å²) >= 11 is 0. The van der Waals surface area contributed by atoms with Crippen molar-refractivity contribution in [2.75, 3.05) is 5.32 Å². The minimum atomic E-state index is -0.996. The Balaban J connectivity index is 2.06. The predicted octanol–water partition coefficient (Wildman–Crippen LogP) is 1.87. The van der Waals surface area contributed by atoms with Crippen LogP contribution in [0.25, 0.3) is 5.70 Å². The molecule has 0 aliphatic carbocycles. The molecule has 0 unspecified atom stereocenters. The van der Waals surface area contributed by atoms with E-state index in [9.17, 15) is 13.6 Å². The van der Waals surface area contributed by atoms with Crippen molar-refractivity contribution in [3.63, 3.8) is 0 Å². The Kier molecular flexibility index (Phi) is 4.22. The Hall–Kier alpha value is -2.83. The first-order valence-corrected chi connectivity index (χ1v) is 5.96. The van der Waals surface area contributed by atoms with Gasteiger partial charge in [-0.1, -0.05) is 12.6 Å². The molecule has 3 N–H and O–H groups in total. The molecular formula is C14H12F2N4O. The van der Waals surface area contributed by atoms with Gasteiger partial charge in [-0.25, -0.2) is 18.7 Å². The zero-order valence-corrected chi connectivity index (χ0v) is 10.9. The third-order valence-corrected chi connectivity index (χ3v) is 2.61. The first-order valence-electron chi connectivity index (χ1n) is 5.96. The Labute approximate surface area is 119 Å². The molecule has 2 rings (SSSR count). The van der Waals surface area contributed by atoms with Crippen LogP contribution in [-0.4, -0.2) is 15.9 Å². The van der Waals surface area contributed by atoms with Crippen LogP contribution in [-0.2, 0) is 11.2 Å². The summed E-state index contributed by atoms with van der Waals surface area (Å²) in [5, 5.41) is 2.52. The molecule has 21 heavy (non-hydrogen) atoms. The molecule has 0 saturated carbocycles. The van der Waals surface area contributed by atoms with Gasteiger partial charge < -0.3 is 11.1 Å². The normalized spacial score (nSPS) is 10.2. The monoisotopic (exact) mass is 290 g/mol. The van der Waals surface area contributed by atoms with Gasteiger partial charge in [0, 0.05) is 6.07 Å². The Morgan fingerprint density at radius 1 is 1.24 bits per heavy atom. The molecule has 0 spiro atoms. The maximum atomic E-state index is 13.0. The van der Waals surface area contributed by atoms with E-state index in [1.165, 1.54) is 18.5 Å². The second kappa shape index (κ2) is 6.08. The zero-order chi connectivity index (χ0) is 15.4. The fraction of sp³-hybridized carbons (Fsp3) is 0.0714. The zero-order valence-electron chi connectivity index (χ0n) is 10.9. The van der Waals surface area contributed by atoms with Crippen molar-refractivity contribution in [1.29, 1.82) is 0 Å². The number of rotatable bonds is 4. The van der Waals surface area contributed by atoms with Crippen molar-refractivity contribution in [1.82, 2.24) is 9.97 Å². The molecule has 0 aliphatic heterocycles. The van der Waals surface area contributed by atoms with E-state index >= 15 is 0 Å². The average molecular weight is 290 g/mol. The summed E-state index contributed by atoms with van der Waals surface area (Å²) in [6, 6.07) is 4.75. The standard InChI is InChI=1S/C14H12F2N4O/c1-8(17)12-6-13(19-7-18-12)20-14(21)5-9-2-3-10(15)11(16)4-9/h2-4,6-7H,1,5,17H2,(H,18,19,20,21). The van der Waals surface area contributed by atoms with E-state index in [-0.39, 0.29) is 17.9 Å². The lowest BCUT2D eigenvalue weighted by Gasteiger charge is -2.06. The molecule has 0 fully saturated rings. The number of nitrogens with zero attached hydrogens (tertiary/aromatic N) is 2. The van der Waals surface area contributed by atoms with Gasteiger partial charge in [0.25, 0.3) is 0 Å². The van der Waals surface area contributed by atoms with Gasteiger partial charge in [-0.2, -0.15) is 0 Å². The summed E-state index contributed by atoms with van der Waals surface area (Å²) < 4.78 is 25.8. The lowest BCUT2D eigenvalue weighted by atomic mass is 10.1. The number of nitrogens with one attached hydrogen (secondary N) is 1. The Morgan fingerprint density at radius 2 is 2.00 bits per heavy atom. The fourth-order valence-corrected chi connectivity index (χ4v) is 1.62. The lowest BCUT2D eigenvalue weighted by Crippen LogP contribution is -2.16. The molecule has 0 saturated heterocycles. The molecular weight excluding hydrogens is 278 g/mol. The number of aromatic nitrogens is 2. The largest absolute Gasteiger partial charge is 0.397 e. The maximum absolute atomic E-state index is 13.0. The van der Waals surface area contributed by atoms with Crippen LogP contribution in [0.1, 0.15) is 11.3 Å². The van der Waals surface area contributed by atoms with Gasteiger partial charge in [0.05, 0.1) is 17.8 Å². The second-order valence-corrected chi connectivity index (χ2v) is 4.29. The van der Waals surface area contributed by atoms with Gasteiger partial charge in [-0.05, 0) is 17.7 Å².